The Morgan fingerprint density at radius 3 is 2.27 bits per heavy atom. The van der Waals surface area contributed by atoms with Crippen LogP contribution in [0.3, 0.4) is 0 Å². The SMILES string of the molecule is N=C(N)C1(C(CC(=O)O)c2ccccc2)CCN(c2ccccc2)C1=O. The van der Waals surface area contributed by atoms with Crippen molar-refractivity contribution in [2.24, 2.45) is 11.1 Å². The molecule has 0 radical (unpaired) electrons. The number of carbonyl (C=O) groups is 2. The summed E-state index contributed by atoms with van der Waals surface area (Å²) in [6.07, 6.45) is 0.0425. The smallest absolute Gasteiger partial charge is 0.304 e. The minimum atomic E-state index is -1.35. The van der Waals surface area contributed by atoms with Gasteiger partial charge in [0.1, 0.15) is 11.3 Å². The summed E-state index contributed by atoms with van der Waals surface area (Å²) in [4.78, 5) is 26.5. The van der Waals surface area contributed by atoms with Crippen LogP contribution in [0.15, 0.2) is 60.7 Å². The number of nitrogens with two attached hydrogens (primary N) is 1. The van der Waals surface area contributed by atoms with E-state index < -0.39 is 17.3 Å². The zero-order valence-electron chi connectivity index (χ0n) is 14.3. The Labute approximate surface area is 151 Å². The minimum Gasteiger partial charge on any atom is -0.481 e. The van der Waals surface area contributed by atoms with Gasteiger partial charge in [0, 0.05) is 18.2 Å². The molecule has 1 heterocycles. The average molecular weight is 351 g/mol. The fourth-order valence-electron chi connectivity index (χ4n) is 3.79. The van der Waals surface area contributed by atoms with Crippen molar-refractivity contribution >= 4 is 23.4 Å². The molecule has 1 saturated heterocycles. The van der Waals surface area contributed by atoms with E-state index in [0.29, 0.717) is 18.5 Å². The van der Waals surface area contributed by atoms with E-state index in [9.17, 15) is 14.7 Å². The first-order valence-electron chi connectivity index (χ1n) is 8.45. The van der Waals surface area contributed by atoms with Crippen molar-refractivity contribution < 1.29 is 14.7 Å². The molecule has 0 aromatic heterocycles. The van der Waals surface area contributed by atoms with Crippen molar-refractivity contribution in [1.29, 1.82) is 5.41 Å². The van der Waals surface area contributed by atoms with Gasteiger partial charge in [0.2, 0.25) is 5.91 Å². The molecular weight excluding hydrogens is 330 g/mol. The molecule has 1 aliphatic heterocycles. The lowest BCUT2D eigenvalue weighted by molar-refractivity contribution is -0.138. The molecule has 134 valence electrons. The number of carboxylic acids is 1. The number of nitrogens with zero attached hydrogens (tertiary/aromatic N) is 1. The number of carboxylic acid groups (broad SMARTS) is 1. The molecule has 0 bridgehead atoms. The van der Waals surface area contributed by atoms with Gasteiger partial charge in [-0.15, -0.1) is 0 Å². The summed E-state index contributed by atoms with van der Waals surface area (Å²) in [5, 5.41) is 17.6. The summed E-state index contributed by atoms with van der Waals surface area (Å²) in [5.74, 6) is -2.31. The number of aliphatic carboxylic acids is 1. The lowest BCUT2D eigenvalue weighted by Crippen LogP contribution is -2.48. The van der Waals surface area contributed by atoms with Gasteiger partial charge < -0.3 is 15.7 Å². The minimum absolute atomic E-state index is 0.266. The number of carbonyl (C=O) groups excluding carboxylic acids is 1. The first-order chi connectivity index (χ1) is 12.5. The molecule has 2 aromatic carbocycles. The quantitative estimate of drug-likeness (QED) is 0.549. The number of amides is 1. The Bertz CT molecular complexity index is 823. The normalized spacial score (nSPS) is 20.8. The number of rotatable bonds is 6. The molecule has 26 heavy (non-hydrogen) atoms. The second kappa shape index (κ2) is 7.00. The van der Waals surface area contributed by atoms with Crippen LogP contribution in [0.5, 0.6) is 0 Å². The number of amidine groups is 1. The summed E-state index contributed by atoms with van der Waals surface area (Å²) < 4.78 is 0. The number of para-hydroxylation sites is 1. The van der Waals surface area contributed by atoms with Crippen molar-refractivity contribution in [3.8, 4) is 0 Å². The maximum Gasteiger partial charge on any atom is 0.304 e. The summed E-state index contributed by atoms with van der Waals surface area (Å²) in [5.41, 5.74) is 6.00. The van der Waals surface area contributed by atoms with E-state index in [-0.39, 0.29) is 18.2 Å². The molecule has 2 unspecified atom stereocenters. The topological polar surface area (TPSA) is 107 Å². The van der Waals surface area contributed by atoms with E-state index in [1.807, 2.05) is 36.4 Å². The van der Waals surface area contributed by atoms with Gasteiger partial charge in [-0.1, -0.05) is 48.5 Å². The van der Waals surface area contributed by atoms with Gasteiger partial charge >= 0.3 is 5.97 Å². The first-order valence-corrected chi connectivity index (χ1v) is 8.45. The van der Waals surface area contributed by atoms with Gasteiger partial charge in [-0.25, -0.2) is 0 Å². The summed E-state index contributed by atoms with van der Waals surface area (Å²) in [7, 11) is 0. The third-order valence-electron chi connectivity index (χ3n) is 5.08. The second-order valence-corrected chi connectivity index (χ2v) is 6.49. The van der Waals surface area contributed by atoms with Crippen LogP contribution in [-0.2, 0) is 9.59 Å². The summed E-state index contributed by atoms with van der Waals surface area (Å²) in [6, 6.07) is 18.2. The van der Waals surface area contributed by atoms with Crippen LogP contribution in [0.1, 0.15) is 24.3 Å². The third-order valence-corrected chi connectivity index (χ3v) is 5.08. The van der Waals surface area contributed by atoms with Crippen molar-refractivity contribution in [3.63, 3.8) is 0 Å². The first kappa shape index (κ1) is 17.7. The van der Waals surface area contributed by atoms with Gasteiger partial charge in [-0.05, 0) is 24.1 Å². The molecule has 0 aliphatic carbocycles. The van der Waals surface area contributed by atoms with Gasteiger partial charge in [-0.3, -0.25) is 15.0 Å². The van der Waals surface area contributed by atoms with Crippen LogP contribution in [0.4, 0.5) is 5.69 Å². The molecule has 1 amide bonds. The molecule has 3 rings (SSSR count). The van der Waals surface area contributed by atoms with Gasteiger partial charge in [0.05, 0.1) is 6.42 Å². The fourth-order valence-corrected chi connectivity index (χ4v) is 3.79. The molecule has 0 spiro atoms. The summed E-state index contributed by atoms with van der Waals surface area (Å²) in [6.45, 7) is 0.394. The molecule has 1 fully saturated rings. The van der Waals surface area contributed by atoms with Crippen LogP contribution in [0.25, 0.3) is 0 Å². The van der Waals surface area contributed by atoms with E-state index in [1.165, 1.54) is 0 Å². The predicted octanol–water partition coefficient (Wildman–Crippen LogP) is 2.60. The van der Waals surface area contributed by atoms with Crippen LogP contribution in [0, 0.1) is 10.8 Å². The maximum atomic E-state index is 13.4. The van der Waals surface area contributed by atoms with Crippen LogP contribution < -0.4 is 10.6 Å². The average Bonchev–Trinajstić information content (AvgIpc) is 2.99. The second-order valence-electron chi connectivity index (χ2n) is 6.49. The fraction of sp³-hybridized carbons (Fsp3) is 0.250. The monoisotopic (exact) mass is 351 g/mol. The molecular formula is C20H21N3O3. The third kappa shape index (κ3) is 2.94. The van der Waals surface area contributed by atoms with Gasteiger partial charge in [0.25, 0.3) is 0 Å². The van der Waals surface area contributed by atoms with Crippen LogP contribution >= 0.6 is 0 Å². The van der Waals surface area contributed by atoms with Crippen molar-refractivity contribution in [2.75, 3.05) is 11.4 Å². The lowest BCUT2D eigenvalue weighted by Gasteiger charge is -2.34. The number of nitrogens with one attached hydrogen (secondary N) is 1. The largest absolute Gasteiger partial charge is 0.481 e. The highest BCUT2D eigenvalue weighted by Gasteiger charge is 2.55. The number of anilines is 1. The maximum absolute atomic E-state index is 13.4. The number of hydrogen-bond donors (Lipinski definition) is 3. The Morgan fingerprint density at radius 1 is 1.15 bits per heavy atom. The zero-order chi connectivity index (χ0) is 18.7. The molecule has 2 aromatic rings. The molecule has 6 nitrogen and oxygen atoms in total. The van der Waals surface area contributed by atoms with E-state index in [2.05, 4.69) is 0 Å². The Morgan fingerprint density at radius 2 is 1.73 bits per heavy atom. The van der Waals surface area contributed by atoms with E-state index in [4.69, 9.17) is 11.1 Å². The zero-order valence-corrected chi connectivity index (χ0v) is 14.3. The van der Waals surface area contributed by atoms with E-state index in [1.54, 1.807) is 29.2 Å². The molecule has 4 N–H and O–H groups in total. The Kier molecular flexibility index (Phi) is 4.75. The molecule has 1 aliphatic rings. The molecule has 0 saturated carbocycles. The highest BCUT2D eigenvalue weighted by Crippen LogP contribution is 2.47. The van der Waals surface area contributed by atoms with Gasteiger partial charge in [0.15, 0.2) is 0 Å². The summed E-state index contributed by atoms with van der Waals surface area (Å²) >= 11 is 0. The van der Waals surface area contributed by atoms with Crippen molar-refractivity contribution in [1.82, 2.24) is 0 Å². The number of benzene rings is 2. The van der Waals surface area contributed by atoms with E-state index in [0.717, 1.165) is 5.69 Å². The molecule has 6 heteroatoms. The van der Waals surface area contributed by atoms with Crippen LogP contribution in [0.2, 0.25) is 0 Å². The standard InChI is InChI=1S/C20H21N3O3/c21-18(22)20(16(13-17(24)25)14-7-3-1-4-8-14)11-12-23(19(20)26)15-9-5-2-6-10-15/h1-10,16H,11-13H2,(H3,21,22)(H,24,25). The Hall–Kier alpha value is -3.15. The van der Waals surface area contributed by atoms with Crippen LogP contribution in [-0.4, -0.2) is 29.4 Å². The predicted molar refractivity (Wildman–Crippen MR) is 99.2 cm³/mol. The highest BCUT2D eigenvalue weighted by molar-refractivity contribution is 6.15. The highest BCUT2D eigenvalue weighted by atomic mass is 16.4. The lowest BCUT2D eigenvalue weighted by atomic mass is 9.68. The number of hydrogen-bond acceptors (Lipinski definition) is 3. The van der Waals surface area contributed by atoms with Gasteiger partial charge in [-0.2, -0.15) is 0 Å². The Balaban J connectivity index is 2.08. The van der Waals surface area contributed by atoms with Crippen molar-refractivity contribution in [2.45, 2.75) is 18.8 Å². The van der Waals surface area contributed by atoms with E-state index >= 15 is 0 Å². The molecule has 2 atom stereocenters. The van der Waals surface area contributed by atoms with Crippen molar-refractivity contribution in [3.05, 3.63) is 66.2 Å².